The summed E-state index contributed by atoms with van der Waals surface area (Å²) in [4.78, 5) is 24.7. The summed E-state index contributed by atoms with van der Waals surface area (Å²) >= 11 is 0. The molecule has 1 amide bonds. The zero-order valence-corrected chi connectivity index (χ0v) is 24.2. The number of fused-ring (bicyclic) bond motifs is 2. The summed E-state index contributed by atoms with van der Waals surface area (Å²) < 4.78 is 23.5. The molecule has 0 spiro atoms. The number of piperidine rings is 1. The number of ether oxygens (including phenoxy) is 1. The lowest BCUT2D eigenvalue weighted by Crippen LogP contribution is -2.39. The van der Waals surface area contributed by atoms with E-state index in [2.05, 4.69) is 25.2 Å². The molecule has 0 atom stereocenters. The summed E-state index contributed by atoms with van der Waals surface area (Å²) in [6.45, 7) is 8.25. The Bertz CT molecular complexity index is 1650. The number of rotatable bonds is 8. The molecule has 7 nitrogen and oxygen atoms in total. The van der Waals surface area contributed by atoms with Crippen LogP contribution >= 0.6 is 12.4 Å². The normalized spacial score (nSPS) is 14.1. The molecule has 0 bridgehead atoms. The molecular formula is C32H35ClFN5O2. The van der Waals surface area contributed by atoms with E-state index in [1.165, 1.54) is 12.1 Å². The number of halogens is 2. The van der Waals surface area contributed by atoms with Crippen LogP contribution in [-0.4, -0.2) is 56.2 Å². The van der Waals surface area contributed by atoms with Crippen LogP contribution in [0.1, 0.15) is 35.9 Å². The molecule has 41 heavy (non-hydrogen) atoms. The second kappa shape index (κ2) is 12.4. The number of hydrogen-bond acceptors (Lipinski definition) is 4. The maximum absolute atomic E-state index is 13.8. The van der Waals surface area contributed by atoms with Crippen LogP contribution in [0.5, 0.6) is 0 Å². The van der Waals surface area contributed by atoms with Crippen LogP contribution in [0, 0.1) is 18.7 Å². The number of pyridine rings is 1. The SMILES string of the molecule is CCOCCn1cc(C(=O)N2CCC(Cn3c(C)nc4cnccc43)CC2)c2ccc(-c3ccc(F)cc3)cc21.Cl. The van der Waals surface area contributed by atoms with Gasteiger partial charge in [0.25, 0.3) is 5.91 Å². The Morgan fingerprint density at radius 2 is 1.80 bits per heavy atom. The molecule has 1 saturated heterocycles. The van der Waals surface area contributed by atoms with Gasteiger partial charge in [0.05, 0.1) is 23.9 Å². The van der Waals surface area contributed by atoms with Gasteiger partial charge < -0.3 is 18.8 Å². The van der Waals surface area contributed by atoms with Gasteiger partial charge in [0.1, 0.15) is 17.2 Å². The van der Waals surface area contributed by atoms with Gasteiger partial charge >= 0.3 is 0 Å². The molecule has 0 N–H and O–H groups in total. The summed E-state index contributed by atoms with van der Waals surface area (Å²) in [6, 6.07) is 14.7. The van der Waals surface area contributed by atoms with Crippen LogP contribution in [0.15, 0.2) is 67.1 Å². The van der Waals surface area contributed by atoms with E-state index in [1.54, 1.807) is 12.1 Å². The number of imidazole rings is 1. The van der Waals surface area contributed by atoms with Gasteiger partial charge in [0, 0.05) is 56.1 Å². The number of aryl methyl sites for hydroxylation is 1. The lowest BCUT2D eigenvalue weighted by atomic mass is 9.96. The highest BCUT2D eigenvalue weighted by Crippen LogP contribution is 2.30. The van der Waals surface area contributed by atoms with Gasteiger partial charge in [-0.05, 0) is 68.0 Å². The Morgan fingerprint density at radius 3 is 2.56 bits per heavy atom. The number of nitrogens with zero attached hydrogens (tertiary/aromatic N) is 5. The lowest BCUT2D eigenvalue weighted by molar-refractivity contribution is 0.0684. The highest BCUT2D eigenvalue weighted by molar-refractivity contribution is 6.07. The minimum Gasteiger partial charge on any atom is -0.380 e. The third-order valence-electron chi connectivity index (χ3n) is 8.05. The molecule has 1 aliphatic rings. The Labute approximate surface area is 245 Å². The molecule has 0 unspecified atom stereocenters. The molecule has 4 heterocycles. The number of amides is 1. The standard InChI is InChI=1S/C32H34FN5O2.ClH/c1-3-40-17-16-37-21-28(27-9-6-25(18-31(27)37)24-4-7-26(33)8-5-24)32(39)36-14-11-23(12-15-36)20-38-22(2)35-29-19-34-13-10-30(29)38;/h4-10,13,18-19,21,23H,3,11-12,14-17,20H2,1-2H3;1H. The van der Waals surface area contributed by atoms with Gasteiger partial charge in [-0.1, -0.05) is 24.3 Å². The van der Waals surface area contributed by atoms with Crippen molar-refractivity contribution in [2.45, 2.75) is 39.8 Å². The summed E-state index contributed by atoms with van der Waals surface area (Å²) in [5.41, 5.74) is 5.67. The molecule has 9 heteroatoms. The lowest BCUT2D eigenvalue weighted by Gasteiger charge is -2.32. The van der Waals surface area contributed by atoms with Crippen LogP contribution in [0.2, 0.25) is 0 Å². The molecule has 0 radical (unpaired) electrons. The summed E-state index contributed by atoms with van der Waals surface area (Å²) in [6.07, 6.45) is 7.51. The second-order valence-corrected chi connectivity index (χ2v) is 10.5. The van der Waals surface area contributed by atoms with E-state index in [0.717, 1.165) is 76.9 Å². The number of hydrogen-bond donors (Lipinski definition) is 0. The summed E-state index contributed by atoms with van der Waals surface area (Å²) in [5.74, 6) is 1.30. The molecule has 1 fully saturated rings. The van der Waals surface area contributed by atoms with Gasteiger partial charge in [0.2, 0.25) is 0 Å². The van der Waals surface area contributed by atoms with Gasteiger partial charge in [-0.3, -0.25) is 9.78 Å². The fraction of sp³-hybridized carbons (Fsp3) is 0.344. The quantitative estimate of drug-likeness (QED) is 0.198. The fourth-order valence-corrected chi connectivity index (χ4v) is 5.86. The van der Waals surface area contributed by atoms with Gasteiger partial charge in [-0.15, -0.1) is 12.4 Å². The first-order chi connectivity index (χ1) is 19.5. The van der Waals surface area contributed by atoms with Crippen LogP contribution in [-0.2, 0) is 17.8 Å². The first-order valence-corrected chi connectivity index (χ1v) is 14.0. The highest BCUT2D eigenvalue weighted by atomic mass is 35.5. The van der Waals surface area contributed by atoms with Gasteiger partial charge in [-0.25, -0.2) is 9.37 Å². The largest absolute Gasteiger partial charge is 0.380 e. The fourth-order valence-electron chi connectivity index (χ4n) is 5.86. The van der Waals surface area contributed by atoms with Crippen LogP contribution in [0.3, 0.4) is 0 Å². The minimum atomic E-state index is -0.257. The molecule has 1 aliphatic heterocycles. The molecule has 6 rings (SSSR count). The Morgan fingerprint density at radius 1 is 1.05 bits per heavy atom. The zero-order valence-electron chi connectivity index (χ0n) is 23.4. The van der Waals surface area contributed by atoms with Crippen molar-refractivity contribution in [2.24, 2.45) is 5.92 Å². The van der Waals surface area contributed by atoms with Gasteiger partial charge in [0.15, 0.2) is 0 Å². The molecule has 0 aliphatic carbocycles. The number of likely N-dealkylation sites (tertiary alicyclic amines) is 1. The monoisotopic (exact) mass is 575 g/mol. The zero-order chi connectivity index (χ0) is 27.6. The number of aromatic nitrogens is 4. The Balaban J connectivity index is 0.00000337. The number of carbonyl (C=O) groups is 1. The molecule has 0 saturated carbocycles. The van der Waals surface area contributed by atoms with Crippen molar-refractivity contribution in [3.63, 3.8) is 0 Å². The van der Waals surface area contributed by atoms with E-state index in [9.17, 15) is 9.18 Å². The van der Waals surface area contributed by atoms with Crippen molar-refractivity contribution < 1.29 is 13.9 Å². The second-order valence-electron chi connectivity index (χ2n) is 10.5. The van der Waals surface area contributed by atoms with E-state index in [1.807, 2.05) is 55.5 Å². The van der Waals surface area contributed by atoms with Gasteiger partial charge in [-0.2, -0.15) is 0 Å². The average Bonchev–Trinajstić information content (AvgIpc) is 3.50. The molecule has 3 aromatic heterocycles. The van der Waals surface area contributed by atoms with Crippen LogP contribution in [0.25, 0.3) is 33.1 Å². The van der Waals surface area contributed by atoms with Crippen LogP contribution < -0.4 is 0 Å². The molecule has 214 valence electrons. The highest BCUT2D eigenvalue weighted by Gasteiger charge is 2.27. The average molecular weight is 576 g/mol. The smallest absolute Gasteiger partial charge is 0.256 e. The van der Waals surface area contributed by atoms with Crippen molar-refractivity contribution in [1.82, 2.24) is 24.0 Å². The van der Waals surface area contributed by atoms with E-state index >= 15 is 0 Å². The van der Waals surface area contributed by atoms with Crippen molar-refractivity contribution in [3.05, 3.63) is 84.3 Å². The number of carbonyl (C=O) groups excluding carboxylic acids is 1. The molecule has 2 aromatic carbocycles. The first-order valence-electron chi connectivity index (χ1n) is 14.0. The van der Waals surface area contributed by atoms with E-state index in [-0.39, 0.29) is 24.1 Å². The Hall–Kier alpha value is -3.75. The summed E-state index contributed by atoms with van der Waals surface area (Å²) in [5, 5.41) is 0.934. The third kappa shape index (κ3) is 5.85. The van der Waals surface area contributed by atoms with E-state index in [4.69, 9.17) is 4.74 Å². The topological polar surface area (TPSA) is 65.2 Å². The van der Waals surface area contributed by atoms with Crippen molar-refractivity contribution in [1.29, 1.82) is 0 Å². The maximum Gasteiger partial charge on any atom is 0.256 e. The number of benzene rings is 2. The van der Waals surface area contributed by atoms with E-state index in [0.29, 0.717) is 25.7 Å². The predicted octanol–water partition coefficient (Wildman–Crippen LogP) is 6.51. The minimum absolute atomic E-state index is 0. The Kier molecular flexibility index (Phi) is 8.71. The molecular weight excluding hydrogens is 541 g/mol. The maximum atomic E-state index is 13.8. The van der Waals surface area contributed by atoms with Crippen LogP contribution in [0.4, 0.5) is 4.39 Å². The van der Waals surface area contributed by atoms with Crippen molar-refractivity contribution >= 4 is 40.3 Å². The van der Waals surface area contributed by atoms with Crippen molar-refractivity contribution in [3.8, 4) is 11.1 Å². The predicted molar refractivity (Wildman–Crippen MR) is 162 cm³/mol. The van der Waals surface area contributed by atoms with E-state index < -0.39 is 0 Å². The first kappa shape index (κ1) is 28.8. The third-order valence-corrected chi connectivity index (χ3v) is 8.05. The molecule has 5 aromatic rings. The summed E-state index contributed by atoms with van der Waals surface area (Å²) in [7, 11) is 0. The van der Waals surface area contributed by atoms with Crippen molar-refractivity contribution in [2.75, 3.05) is 26.3 Å².